The standard InChI is InChI=1S/C10H6BrNS2/c1-13-10-6(4-12)2-3-8-9(10)7(11)5-14-8/h2-3,5H,1H3. The first-order valence-corrected chi connectivity index (χ1v) is 6.81. The van der Waals surface area contributed by atoms with Crippen molar-refractivity contribution in [3.05, 3.63) is 27.5 Å². The van der Waals surface area contributed by atoms with Crippen LogP contribution in [0.3, 0.4) is 0 Å². The summed E-state index contributed by atoms with van der Waals surface area (Å²) in [5.74, 6) is 0. The molecule has 0 spiro atoms. The molecule has 1 heterocycles. The van der Waals surface area contributed by atoms with E-state index in [-0.39, 0.29) is 0 Å². The summed E-state index contributed by atoms with van der Waals surface area (Å²) in [5.41, 5.74) is 0.754. The van der Waals surface area contributed by atoms with Crippen LogP contribution in [0.25, 0.3) is 10.1 Å². The second-order valence-corrected chi connectivity index (χ2v) is 5.30. The molecule has 0 N–H and O–H groups in total. The molecule has 0 aliphatic carbocycles. The highest BCUT2D eigenvalue weighted by atomic mass is 79.9. The van der Waals surface area contributed by atoms with E-state index in [4.69, 9.17) is 5.26 Å². The van der Waals surface area contributed by atoms with Gasteiger partial charge in [0.1, 0.15) is 6.07 Å². The maximum absolute atomic E-state index is 8.96. The van der Waals surface area contributed by atoms with Crippen LogP contribution in [0.1, 0.15) is 5.56 Å². The van der Waals surface area contributed by atoms with Crippen molar-refractivity contribution in [2.24, 2.45) is 0 Å². The summed E-state index contributed by atoms with van der Waals surface area (Å²) in [4.78, 5) is 1.07. The Kier molecular flexibility index (Phi) is 2.82. The fraction of sp³-hybridized carbons (Fsp3) is 0.100. The average molecular weight is 284 g/mol. The summed E-state index contributed by atoms with van der Waals surface area (Å²) in [6, 6.07) is 6.11. The third-order valence-electron chi connectivity index (χ3n) is 1.97. The number of benzene rings is 1. The van der Waals surface area contributed by atoms with Crippen LogP contribution >= 0.6 is 39.0 Å². The summed E-state index contributed by atoms with van der Waals surface area (Å²) in [5, 5.41) is 12.2. The molecule has 0 bridgehead atoms. The van der Waals surface area contributed by atoms with Crippen molar-refractivity contribution in [2.45, 2.75) is 4.90 Å². The number of nitrogens with zero attached hydrogens (tertiary/aromatic N) is 1. The Morgan fingerprint density at radius 3 is 2.93 bits per heavy atom. The number of nitriles is 1. The Morgan fingerprint density at radius 2 is 2.29 bits per heavy atom. The molecule has 0 saturated heterocycles. The zero-order valence-corrected chi connectivity index (χ0v) is 10.6. The van der Waals surface area contributed by atoms with Gasteiger partial charge in [-0.05, 0) is 34.3 Å². The van der Waals surface area contributed by atoms with Gasteiger partial charge < -0.3 is 0 Å². The van der Waals surface area contributed by atoms with Crippen LogP contribution in [0, 0.1) is 11.3 Å². The molecule has 0 amide bonds. The van der Waals surface area contributed by atoms with E-state index in [0.717, 1.165) is 14.9 Å². The predicted octanol–water partition coefficient (Wildman–Crippen LogP) is 4.26. The number of hydrogen-bond donors (Lipinski definition) is 0. The van der Waals surface area contributed by atoms with Gasteiger partial charge in [0.15, 0.2) is 0 Å². The molecule has 0 aliphatic heterocycles. The molecule has 1 aromatic heterocycles. The van der Waals surface area contributed by atoms with E-state index in [9.17, 15) is 0 Å². The van der Waals surface area contributed by atoms with E-state index in [1.165, 1.54) is 10.1 Å². The van der Waals surface area contributed by atoms with Crippen molar-refractivity contribution >= 4 is 49.1 Å². The van der Waals surface area contributed by atoms with Crippen molar-refractivity contribution in [1.82, 2.24) is 0 Å². The Labute approximate surface area is 98.9 Å². The van der Waals surface area contributed by atoms with Gasteiger partial charge in [-0.2, -0.15) is 5.26 Å². The van der Waals surface area contributed by atoms with Gasteiger partial charge in [0, 0.05) is 24.8 Å². The molecule has 0 unspecified atom stereocenters. The van der Waals surface area contributed by atoms with Gasteiger partial charge in [0.2, 0.25) is 0 Å². The van der Waals surface area contributed by atoms with Gasteiger partial charge in [-0.1, -0.05) is 0 Å². The minimum Gasteiger partial charge on any atom is -0.192 e. The third kappa shape index (κ3) is 1.46. The lowest BCUT2D eigenvalue weighted by molar-refractivity contribution is 1.42. The molecule has 0 atom stereocenters. The molecule has 0 fully saturated rings. The van der Waals surface area contributed by atoms with Crippen LogP contribution in [0.5, 0.6) is 0 Å². The van der Waals surface area contributed by atoms with E-state index in [1.54, 1.807) is 23.1 Å². The highest BCUT2D eigenvalue weighted by Crippen LogP contribution is 2.38. The van der Waals surface area contributed by atoms with Gasteiger partial charge in [0.05, 0.1) is 5.56 Å². The summed E-state index contributed by atoms with van der Waals surface area (Å²) >= 11 is 6.83. The highest BCUT2D eigenvalue weighted by molar-refractivity contribution is 9.10. The van der Waals surface area contributed by atoms with Crippen LogP contribution in [0.15, 0.2) is 26.9 Å². The second-order valence-electron chi connectivity index (χ2n) is 2.71. The fourth-order valence-corrected chi connectivity index (χ4v) is 3.96. The van der Waals surface area contributed by atoms with Gasteiger partial charge >= 0.3 is 0 Å². The number of thiophene rings is 1. The monoisotopic (exact) mass is 283 g/mol. The summed E-state index contributed by atoms with van der Waals surface area (Å²) in [6.07, 6.45) is 2.00. The first-order chi connectivity index (χ1) is 6.77. The van der Waals surface area contributed by atoms with E-state index < -0.39 is 0 Å². The molecule has 0 radical (unpaired) electrons. The van der Waals surface area contributed by atoms with Gasteiger partial charge in [0.25, 0.3) is 0 Å². The summed E-state index contributed by atoms with van der Waals surface area (Å²) < 4.78 is 2.30. The lowest BCUT2D eigenvalue weighted by Gasteiger charge is -2.02. The Hall–Kier alpha value is -0.500. The Balaban J connectivity index is 2.89. The number of halogens is 1. The largest absolute Gasteiger partial charge is 0.192 e. The highest BCUT2D eigenvalue weighted by Gasteiger charge is 2.10. The number of hydrogen-bond acceptors (Lipinski definition) is 3. The normalized spacial score (nSPS) is 10.4. The van der Waals surface area contributed by atoms with Crippen LogP contribution in [-0.2, 0) is 0 Å². The molecule has 0 saturated carbocycles. The maximum atomic E-state index is 8.96. The molecule has 2 aromatic rings. The number of rotatable bonds is 1. The third-order valence-corrected chi connectivity index (χ3v) is 4.68. The van der Waals surface area contributed by atoms with Crippen LogP contribution in [0.4, 0.5) is 0 Å². The van der Waals surface area contributed by atoms with Crippen LogP contribution < -0.4 is 0 Å². The van der Waals surface area contributed by atoms with Crippen molar-refractivity contribution in [1.29, 1.82) is 5.26 Å². The Morgan fingerprint density at radius 1 is 1.50 bits per heavy atom. The molecule has 1 aromatic carbocycles. The van der Waals surface area contributed by atoms with Gasteiger partial charge in [-0.15, -0.1) is 23.1 Å². The number of fused-ring (bicyclic) bond motifs is 1. The molecular formula is C10H6BrNS2. The van der Waals surface area contributed by atoms with Gasteiger partial charge in [-0.3, -0.25) is 0 Å². The molecule has 2 rings (SSSR count). The van der Waals surface area contributed by atoms with Crippen LogP contribution in [0.2, 0.25) is 0 Å². The maximum Gasteiger partial charge on any atom is 0.100 e. The topological polar surface area (TPSA) is 23.8 Å². The predicted molar refractivity (Wildman–Crippen MR) is 66.0 cm³/mol. The first kappa shape index (κ1) is 10.0. The number of thioether (sulfide) groups is 1. The smallest absolute Gasteiger partial charge is 0.100 e. The summed E-state index contributed by atoms with van der Waals surface area (Å²) in [7, 11) is 0. The molecule has 14 heavy (non-hydrogen) atoms. The van der Waals surface area contributed by atoms with E-state index in [1.807, 2.05) is 18.4 Å². The quantitative estimate of drug-likeness (QED) is 0.731. The molecule has 1 nitrogen and oxygen atoms in total. The minimum absolute atomic E-state index is 0.754. The van der Waals surface area contributed by atoms with E-state index >= 15 is 0 Å². The second kappa shape index (κ2) is 3.93. The summed E-state index contributed by atoms with van der Waals surface area (Å²) in [6.45, 7) is 0. The lowest BCUT2D eigenvalue weighted by Crippen LogP contribution is -1.80. The van der Waals surface area contributed by atoms with Crippen molar-refractivity contribution in [2.75, 3.05) is 6.26 Å². The van der Waals surface area contributed by atoms with Crippen LogP contribution in [-0.4, -0.2) is 6.26 Å². The average Bonchev–Trinajstić information content (AvgIpc) is 2.59. The lowest BCUT2D eigenvalue weighted by atomic mass is 10.2. The van der Waals surface area contributed by atoms with E-state index in [2.05, 4.69) is 27.4 Å². The first-order valence-electron chi connectivity index (χ1n) is 3.91. The van der Waals surface area contributed by atoms with Gasteiger partial charge in [-0.25, -0.2) is 0 Å². The van der Waals surface area contributed by atoms with Crippen molar-refractivity contribution in [3.63, 3.8) is 0 Å². The van der Waals surface area contributed by atoms with Crippen molar-refractivity contribution in [3.8, 4) is 6.07 Å². The molecule has 0 aliphatic rings. The molecule has 70 valence electrons. The molecular weight excluding hydrogens is 278 g/mol. The SMILES string of the molecule is CSc1c(C#N)ccc2scc(Br)c12. The van der Waals surface area contributed by atoms with Crippen molar-refractivity contribution < 1.29 is 0 Å². The zero-order valence-electron chi connectivity index (χ0n) is 7.37. The zero-order chi connectivity index (χ0) is 10.1. The fourth-order valence-electron chi connectivity index (χ4n) is 1.36. The molecule has 4 heteroatoms. The Bertz CT molecular complexity index is 525. The van der Waals surface area contributed by atoms with E-state index in [0.29, 0.717) is 0 Å². The minimum atomic E-state index is 0.754.